The van der Waals surface area contributed by atoms with Crippen molar-refractivity contribution in [1.82, 2.24) is 9.97 Å². The highest BCUT2D eigenvalue weighted by atomic mass is 15.1. The third-order valence-electron chi connectivity index (χ3n) is 1.92. The molecule has 0 unspecified atom stereocenters. The molecule has 0 radical (unpaired) electrons. The molecule has 0 aromatic carbocycles. The normalized spacial score (nSPS) is 15.0. The quantitative estimate of drug-likeness (QED) is 0.741. The van der Waals surface area contributed by atoms with E-state index in [0.29, 0.717) is 11.6 Å². The minimum Gasteiger partial charge on any atom is -0.396 e. The van der Waals surface area contributed by atoms with Gasteiger partial charge in [0, 0.05) is 5.70 Å². The number of nitrogens with two attached hydrogens (primary N) is 1. The number of anilines is 2. The molecule has 0 amide bonds. The van der Waals surface area contributed by atoms with Crippen molar-refractivity contribution < 1.29 is 0 Å². The van der Waals surface area contributed by atoms with Crippen molar-refractivity contribution in [3.05, 3.63) is 36.3 Å². The molecular weight excluding hydrogens is 176 g/mol. The number of aromatic nitrogens is 2. The fraction of sp³-hybridized carbons (Fsp3) is 0.200. The molecular formula is C10H12N4. The lowest BCUT2D eigenvalue weighted by Crippen LogP contribution is -2.03. The lowest BCUT2D eigenvalue weighted by Gasteiger charge is -2.08. The third-order valence-corrected chi connectivity index (χ3v) is 1.92. The Morgan fingerprint density at radius 1 is 1.21 bits per heavy atom. The number of hydrogen-bond donors (Lipinski definition) is 2. The number of nitrogens with one attached hydrogen (secondary N) is 1. The van der Waals surface area contributed by atoms with Crippen LogP contribution >= 0.6 is 0 Å². The molecule has 0 saturated heterocycles. The van der Waals surface area contributed by atoms with Crippen molar-refractivity contribution in [2.75, 3.05) is 11.1 Å². The molecule has 3 N–H and O–H groups in total. The maximum absolute atomic E-state index is 5.48. The molecule has 0 aliphatic heterocycles. The average molecular weight is 188 g/mol. The lowest BCUT2D eigenvalue weighted by molar-refractivity contribution is 1.01. The molecule has 1 aliphatic carbocycles. The van der Waals surface area contributed by atoms with Gasteiger partial charge in [-0.25, -0.2) is 9.97 Å². The van der Waals surface area contributed by atoms with E-state index >= 15 is 0 Å². The molecule has 1 aromatic heterocycles. The Morgan fingerprint density at radius 3 is 2.64 bits per heavy atom. The Morgan fingerprint density at radius 2 is 2.00 bits per heavy atom. The Balaban J connectivity index is 2.07. The highest BCUT2D eigenvalue weighted by molar-refractivity contribution is 5.43. The molecule has 4 heteroatoms. The van der Waals surface area contributed by atoms with Crippen LogP contribution < -0.4 is 11.1 Å². The van der Waals surface area contributed by atoms with Gasteiger partial charge in [-0.2, -0.15) is 0 Å². The zero-order chi connectivity index (χ0) is 9.80. The molecule has 14 heavy (non-hydrogen) atoms. The number of hydrogen-bond acceptors (Lipinski definition) is 4. The largest absolute Gasteiger partial charge is 0.396 e. The van der Waals surface area contributed by atoms with E-state index in [2.05, 4.69) is 27.4 Å². The number of rotatable bonds is 2. The summed E-state index contributed by atoms with van der Waals surface area (Å²) in [6, 6.07) is 0. The van der Waals surface area contributed by atoms with Crippen LogP contribution in [0.5, 0.6) is 0 Å². The second kappa shape index (κ2) is 3.91. The van der Waals surface area contributed by atoms with E-state index in [1.165, 1.54) is 0 Å². The SMILES string of the molecule is Nc1cnc(NC2=CCCC=C2)nc1. The first-order valence-electron chi connectivity index (χ1n) is 4.56. The highest BCUT2D eigenvalue weighted by Crippen LogP contribution is 2.11. The van der Waals surface area contributed by atoms with Gasteiger partial charge in [-0.05, 0) is 18.9 Å². The molecule has 0 atom stereocenters. The van der Waals surface area contributed by atoms with E-state index < -0.39 is 0 Å². The maximum Gasteiger partial charge on any atom is 0.227 e. The molecule has 72 valence electrons. The standard InChI is InChI=1S/C10H12N4/c11-8-6-12-10(13-7-8)14-9-4-2-1-3-5-9/h2,4-7H,1,3,11H2,(H,12,13,14). The second-order valence-electron chi connectivity index (χ2n) is 3.10. The third kappa shape index (κ3) is 2.10. The van der Waals surface area contributed by atoms with Crippen LogP contribution in [0.15, 0.2) is 36.3 Å². The minimum atomic E-state index is 0.573. The summed E-state index contributed by atoms with van der Waals surface area (Å²) >= 11 is 0. The molecule has 1 heterocycles. The summed E-state index contributed by atoms with van der Waals surface area (Å²) in [5.41, 5.74) is 7.09. The zero-order valence-corrected chi connectivity index (χ0v) is 7.77. The van der Waals surface area contributed by atoms with E-state index in [1.807, 2.05) is 6.08 Å². The molecule has 2 rings (SSSR count). The van der Waals surface area contributed by atoms with Gasteiger partial charge in [0.2, 0.25) is 5.95 Å². The first-order valence-corrected chi connectivity index (χ1v) is 4.56. The van der Waals surface area contributed by atoms with E-state index in [1.54, 1.807) is 12.4 Å². The van der Waals surface area contributed by atoms with Crippen molar-refractivity contribution in [2.24, 2.45) is 0 Å². The van der Waals surface area contributed by atoms with Gasteiger partial charge >= 0.3 is 0 Å². The predicted molar refractivity (Wildman–Crippen MR) is 56.5 cm³/mol. The molecule has 0 fully saturated rings. The summed E-state index contributed by atoms with van der Waals surface area (Å²) in [7, 11) is 0. The average Bonchev–Trinajstić information content (AvgIpc) is 2.23. The van der Waals surface area contributed by atoms with Crippen LogP contribution in [-0.4, -0.2) is 9.97 Å². The molecule has 4 nitrogen and oxygen atoms in total. The summed E-state index contributed by atoms with van der Waals surface area (Å²) in [6.45, 7) is 0. The summed E-state index contributed by atoms with van der Waals surface area (Å²) in [5, 5.41) is 3.10. The smallest absolute Gasteiger partial charge is 0.227 e. The molecule has 0 saturated carbocycles. The van der Waals surface area contributed by atoms with Gasteiger partial charge in [-0.15, -0.1) is 0 Å². The van der Waals surface area contributed by atoms with Crippen molar-refractivity contribution in [1.29, 1.82) is 0 Å². The van der Waals surface area contributed by atoms with Gasteiger partial charge in [0.25, 0.3) is 0 Å². The first-order chi connectivity index (χ1) is 6.84. The zero-order valence-electron chi connectivity index (χ0n) is 7.77. The highest BCUT2D eigenvalue weighted by Gasteiger charge is 1.99. The fourth-order valence-electron chi connectivity index (χ4n) is 1.24. The minimum absolute atomic E-state index is 0.573. The summed E-state index contributed by atoms with van der Waals surface area (Å²) in [6.07, 6.45) is 11.6. The first kappa shape index (κ1) is 8.74. The van der Waals surface area contributed by atoms with Crippen LogP contribution in [0.2, 0.25) is 0 Å². The Labute approximate surface area is 82.6 Å². The molecule has 1 aromatic rings. The fourth-order valence-corrected chi connectivity index (χ4v) is 1.24. The number of allylic oxidation sites excluding steroid dienone is 3. The van der Waals surface area contributed by atoms with E-state index in [4.69, 9.17) is 5.73 Å². The number of nitrogens with zero attached hydrogens (tertiary/aromatic N) is 2. The predicted octanol–water partition coefficient (Wildman–Crippen LogP) is 1.70. The monoisotopic (exact) mass is 188 g/mol. The van der Waals surface area contributed by atoms with Gasteiger partial charge in [0.1, 0.15) is 0 Å². The van der Waals surface area contributed by atoms with E-state index in [-0.39, 0.29) is 0 Å². The maximum atomic E-state index is 5.48. The molecule has 0 spiro atoms. The van der Waals surface area contributed by atoms with Gasteiger partial charge in [0.05, 0.1) is 18.1 Å². The summed E-state index contributed by atoms with van der Waals surface area (Å²) in [5.74, 6) is 0.581. The van der Waals surface area contributed by atoms with Crippen LogP contribution in [-0.2, 0) is 0 Å². The van der Waals surface area contributed by atoms with Crippen molar-refractivity contribution >= 4 is 11.6 Å². The van der Waals surface area contributed by atoms with Crippen LogP contribution in [0.1, 0.15) is 12.8 Å². The van der Waals surface area contributed by atoms with Gasteiger partial charge in [0.15, 0.2) is 0 Å². The van der Waals surface area contributed by atoms with Crippen molar-refractivity contribution in [2.45, 2.75) is 12.8 Å². The number of nitrogen functional groups attached to an aromatic ring is 1. The van der Waals surface area contributed by atoms with Crippen LogP contribution in [0, 0.1) is 0 Å². The Bertz CT molecular complexity index is 364. The summed E-state index contributed by atoms with van der Waals surface area (Å²) in [4.78, 5) is 8.10. The van der Waals surface area contributed by atoms with Crippen molar-refractivity contribution in [3.8, 4) is 0 Å². The van der Waals surface area contributed by atoms with E-state index in [9.17, 15) is 0 Å². The lowest BCUT2D eigenvalue weighted by atomic mass is 10.1. The van der Waals surface area contributed by atoms with Crippen molar-refractivity contribution in [3.63, 3.8) is 0 Å². The van der Waals surface area contributed by atoms with Crippen LogP contribution in [0.3, 0.4) is 0 Å². The Kier molecular flexibility index (Phi) is 2.44. The van der Waals surface area contributed by atoms with E-state index in [0.717, 1.165) is 18.5 Å². The molecule has 1 aliphatic rings. The second-order valence-corrected chi connectivity index (χ2v) is 3.10. The molecule has 0 bridgehead atoms. The topological polar surface area (TPSA) is 63.8 Å². The van der Waals surface area contributed by atoms with Gasteiger partial charge in [-0.1, -0.05) is 12.2 Å². The van der Waals surface area contributed by atoms with Crippen LogP contribution in [0.4, 0.5) is 11.6 Å². The van der Waals surface area contributed by atoms with Gasteiger partial charge in [-0.3, -0.25) is 0 Å². The van der Waals surface area contributed by atoms with Crippen LogP contribution in [0.25, 0.3) is 0 Å². The van der Waals surface area contributed by atoms with Gasteiger partial charge < -0.3 is 11.1 Å². The Hall–Kier alpha value is -1.84. The summed E-state index contributed by atoms with van der Waals surface area (Å²) < 4.78 is 0.